The van der Waals surface area contributed by atoms with Crippen LogP contribution >= 0.6 is 0 Å². The summed E-state index contributed by atoms with van der Waals surface area (Å²) in [6.07, 6.45) is -1.63. The summed E-state index contributed by atoms with van der Waals surface area (Å²) in [5, 5.41) is 0. The number of ether oxygens (including phenoxy) is 7. The molecule has 156 valence electrons. The normalized spacial score (nSPS) is 35.4. The van der Waals surface area contributed by atoms with Crippen molar-refractivity contribution in [2.75, 3.05) is 13.2 Å². The fourth-order valence-electron chi connectivity index (χ4n) is 3.97. The SMILES string of the molecule is CCOc1ccc(COC[C@H]2O[C@@H]3OC(C)(C)O[C@@H]3[C@H]3OC(C)(C)O[C@H]32)cc1. The fraction of sp³-hybridized carbons (Fsp3) is 0.714. The average molecular weight is 394 g/mol. The number of hydrogen-bond donors (Lipinski definition) is 0. The predicted molar refractivity (Wildman–Crippen MR) is 99.8 cm³/mol. The summed E-state index contributed by atoms with van der Waals surface area (Å²) in [6, 6.07) is 7.89. The van der Waals surface area contributed by atoms with Crippen LogP contribution in [0.3, 0.4) is 0 Å². The van der Waals surface area contributed by atoms with E-state index in [1.54, 1.807) is 0 Å². The Morgan fingerprint density at radius 2 is 1.50 bits per heavy atom. The second-order valence-corrected chi connectivity index (χ2v) is 8.30. The average Bonchev–Trinajstić information content (AvgIpc) is 3.11. The second-order valence-electron chi connectivity index (χ2n) is 8.30. The molecule has 0 amide bonds. The van der Waals surface area contributed by atoms with Crippen LogP contribution < -0.4 is 4.74 Å². The Kier molecular flexibility index (Phi) is 5.41. The van der Waals surface area contributed by atoms with Gasteiger partial charge in [-0.05, 0) is 52.3 Å². The van der Waals surface area contributed by atoms with E-state index in [0.29, 0.717) is 19.8 Å². The zero-order chi connectivity index (χ0) is 19.9. The molecule has 0 radical (unpaired) electrons. The molecule has 0 aromatic heterocycles. The van der Waals surface area contributed by atoms with Crippen LogP contribution in [0.1, 0.15) is 40.2 Å². The van der Waals surface area contributed by atoms with E-state index in [1.807, 2.05) is 58.9 Å². The van der Waals surface area contributed by atoms with Crippen molar-refractivity contribution >= 4 is 0 Å². The van der Waals surface area contributed by atoms with E-state index in [1.165, 1.54) is 0 Å². The molecule has 3 aliphatic rings. The lowest BCUT2D eigenvalue weighted by Crippen LogP contribution is -2.56. The molecule has 28 heavy (non-hydrogen) atoms. The molecule has 4 rings (SSSR count). The summed E-state index contributed by atoms with van der Waals surface area (Å²) in [5.41, 5.74) is 1.07. The molecule has 3 fully saturated rings. The van der Waals surface area contributed by atoms with E-state index in [9.17, 15) is 0 Å². The van der Waals surface area contributed by atoms with Gasteiger partial charge < -0.3 is 33.2 Å². The first kappa shape index (κ1) is 20.1. The molecule has 3 heterocycles. The number of hydrogen-bond acceptors (Lipinski definition) is 7. The summed E-state index contributed by atoms with van der Waals surface area (Å²) in [6.45, 7) is 11.0. The predicted octanol–water partition coefficient (Wildman–Crippen LogP) is 3.00. The largest absolute Gasteiger partial charge is 0.494 e. The van der Waals surface area contributed by atoms with Crippen LogP contribution in [0, 0.1) is 0 Å². The molecule has 0 saturated carbocycles. The van der Waals surface area contributed by atoms with Gasteiger partial charge in [-0.15, -0.1) is 0 Å². The molecule has 0 unspecified atom stereocenters. The number of rotatable bonds is 6. The fourth-order valence-corrected chi connectivity index (χ4v) is 3.97. The van der Waals surface area contributed by atoms with Crippen LogP contribution in [-0.2, 0) is 35.0 Å². The van der Waals surface area contributed by atoms with E-state index < -0.39 is 17.9 Å². The highest BCUT2D eigenvalue weighted by molar-refractivity contribution is 5.26. The van der Waals surface area contributed by atoms with Crippen LogP contribution in [-0.4, -0.2) is 55.5 Å². The first-order valence-corrected chi connectivity index (χ1v) is 9.92. The quantitative estimate of drug-likeness (QED) is 0.735. The van der Waals surface area contributed by atoms with Gasteiger partial charge in [0.05, 0.1) is 19.8 Å². The molecular weight excluding hydrogens is 364 g/mol. The van der Waals surface area contributed by atoms with Gasteiger partial charge in [-0.25, -0.2) is 0 Å². The minimum absolute atomic E-state index is 0.255. The zero-order valence-corrected chi connectivity index (χ0v) is 17.2. The minimum atomic E-state index is -0.714. The summed E-state index contributed by atoms with van der Waals surface area (Å²) < 4.78 is 41.7. The van der Waals surface area contributed by atoms with E-state index in [-0.39, 0.29) is 24.4 Å². The van der Waals surface area contributed by atoms with Crippen molar-refractivity contribution in [3.05, 3.63) is 29.8 Å². The molecule has 3 saturated heterocycles. The van der Waals surface area contributed by atoms with Gasteiger partial charge in [0.1, 0.15) is 30.2 Å². The van der Waals surface area contributed by atoms with E-state index in [2.05, 4.69) is 0 Å². The number of fused-ring (bicyclic) bond motifs is 3. The summed E-state index contributed by atoms with van der Waals surface area (Å²) >= 11 is 0. The Hall–Kier alpha value is -1.22. The Labute approximate surface area is 166 Å². The van der Waals surface area contributed by atoms with Gasteiger partial charge in [0, 0.05) is 0 Å². The molecule has 0 bridgehead atoms. The van der Waals surface area contributed by atoms with Crippen LogP contribution in [0.25, 0.3) is 0 Å². The summed E-state index contributed by atoms with van der Waals surface area (Å²) in [5.74, 6) is -0.555. The van der Waals surface area contributed by atoms with Gasteiger partial charge in [0.25, 0.3) is 0 Å². The highest BCUT2D eigenvalue weighted by Gasteiger charge is 2.60. The van der Waals surface area contributed by atoms with Gasteiger partial charge in [-0.1, -0.05) is 12.1 Å². The third-order valence-corrected chi connectivity index (χ3v) is 5.04. The Morgan fingerprint density at radius 3 is 2.21 bits per heavy atom. The molecule has 5 atom stereocenters. The van der Waals surface area contributed by atoms with E-state index in [4.69, 9.17) is 33.2 Å². The first-order chi connectivity index (χ1) is 13.3. The van der Waals surface area contributed by atoms with Crippen LogP contribution in [0.4, 0.5) is 0 Å². The van der Waals surface area contributed by atoms with Gasteiger partial charge >= 0.3 is 0 Å². The van der Waals surface area contributed by atoms with Crippen molar-refractivity contribution < 1.29 is 33.2 Å². The van der Waals surface area contributed by atoms with E-state index in [0.717, 1.165) is 11.3 Å². The smallest absolute Gasteiger partial charge is 0.190 e. The highest BCUT2D eigenvalue weighted by Crippen LogP contribution is 2.44. The molecule has 7 nitrogen and oxygen atoms in total. The lowest BCUT2D eigenvalue weighted by molar-refractivity contribution is -0.243. The molecule has 0 N–H and O–H groups in total. The Morgan fingerprint density at radius 1 is 0.857 bits per heavy atom. The van der Waals surface area contributed by atoms with Crippen LogP contribution in [0.2, 0.25) is 0 Å². The molecule has 0 aliphatic carbocycles. The third kappa shape index (κ3) is 4.20. The maximum absolute atomic E-state index is 6.15. The van der Waals surface area contributed by atoms with Crippen molar-refractivity contribution in [2.45, 2.75) is 83.5 Å². The van der Waals surface area contributed by atoms with Gasteiger partial charge in [-0.3, -0.25) is 0 Å². The summed E-state index contributed by atoms with van der Waals surface area (Å²) in [4.78, 5) is 0. The molecule has 1 aromatic rings. The lowest BCUT2D eigenvalue weighted by atomic mass is 9.99. The van der Waals surface area contributed by atoms with Crippen molar-refractivity contribution in [3.63, 3.8) is 0 Å². The monoisotopic (exact) mass is 394 g/mol. The molecule has 0 spiro atoms. The van der Waals surface area contributed by atoms with E-state index >= 15 is 0 Å². The molecule has 3 aliphatic heterocycles. The van der Waals surface area contributed by atoms with Crippen molar-refractivity contribution in [2.24, 2.45) is 0 Å². The van der Waals surface area contributed by atoms with Crippen LogP contribution in [0.15, 0.2) is 24.3 Å². The Balaban J connectivity index is 1.38. The molecule has 7 heteroatoms. The van der Waals surface area contributed by atoms with Gasteiger partial charge in [-0.2, -0.15) is 0 Å². The maximum Gasteiger partial charge on any atom is 0.190 e. The highest BCUT2D eigenvalue weighted by atomic mass is 16.9. The zero-order valence-electron chi connectivity index (χ0n) is 17.2. The summed E-state index contributed by atoms with van der Waals surface area (Å²) in [7, 11) is 0. The topological polar surface area (TPSA) is 64.6 Å². The van der Waals surface area contributed by atoms with Gasteiger partial charge in [0.15, 0.2) is 17.9 Å². The van der Waals surface area contributed by atoms with Crippen molar-refractivity contribution in [1.82, 2.24) is 0 Å². The van der Waals surface area contributed by atoms with Gasteiger partial charge in [0.2, 0.25) is 0 Å². The number of benzene rings is 1. The second kappa shape index (κ2) is 7.55. The molecular formula is C21H30O7. The minimum Gasteiger partial charge on any atom is -0.494 e. The lowest BCUT2D eigenvalue weighted by Gasteiger charge is -2.37. The van der Waals surface area contributed by atoms with Crippen molar-refractivity contribution in [3.8, 4) is 5.75 Å². The third-order valence-electron chi connectivity index (χ3n) is 5.04. The maximum atomic E-state index is 6.15. The van der Waals surface area contributed by atoms with Crippen LogP contribution in [0.5, 0.6) is 5.75 Å². The molecule has 1 aromatic carbocycles. The van der Waals surface area contributed by atoms with Crippen molar-refractivity contribution in [1.29, 1.82) is 0 Å². The standard InChI is InChI=1S/C21H30O7/c1-6-23-14-9-7-13(8-10-14)11-22-12-15-16-17(26-20(2,3)25-16)18-19(24-15)28-21(4,5)27-18/h7-10,15-19H,6,11-12H2,1-5H3/t15-,16+,17+,18-,19-/m1/s1. The Bertz CT molecular complexity index is 672. The first-order valence-electron chi connectivity index (χ1n) is 9.92.